The minimum absolute atomic E-state index is 0. The molecule has 0 atom stereocenters. The zero-order valence-electron chi connectivity index (χ0n) is 12.8. The van der Waals surface area contributed by atoms with Crippen molar-refractivity contribution in [1.82, 2.24) is 5.32 Å². The van der Waals surface area contributed by atoms with E-state index in [2.05, 4.69) is 17.2 Å². The molecule has 24 heavy (non-hydrogen) atoms. The minimum Gasteiger partial charge on any atom is -1.00 e. The molecule has 0 aliphatic heterocycles. The van der Waals surface area contributed by atoms with Gasteiger partial charge in [0.2, 0.25) is 6.54 Å². The van der Waals surface area contributed by atoms with E-state index in [9.17, 15) is 9.59 Å². The maximum absolute atomic E-state index is 12.0. The topological polar surface area (TPSA) is 62.1 Å². The lowest BCUT2D eigenvalue weighted by molar-refractivity contribution is -0.684. The zero-order valence-corrected chi connectivity index (χ0v) is 14.3. The Labute approximate surface area is 151 Å². The Bertz CT molecular complexity index is 718. The fourth-order valence-electron chi connectivity index (χ4n) is 1.92. The van der Waals surface area contributed by atoms with E-state index in [0.29, 0.717) is 22.8 Å². The molecule has 2 amide bonds. The summed E-state index contributed by atoms with van der Waals surface area (Å²) in [6.07, 6.45) is 4.96. The van der Waals surface area contributed by atoms with Crippen molar-refractivity contribution >= 4 is 29.1 Å². The summed E-state index contributed by atoms with van der Waals surface area (Å²) >= 11 is 5.80. The highest BCUT2D eigenvalue weighted by Crippen LogP contribution is 2.13. The molecule has 0 spiro atoms. The number of hydrogen-bond donors (Lipinski definition) is 2. The first-order valence-corrected chi connectivity index (χ1v) is 7.40. The molecule has 126 valence electrons. The van der Waals surface area contributed by atoms with Gasteiger partial charge in [-0.2, -0.15) is 4.57 Å². The zero-order chi connectivity index (χ0) is 16.7. The Morgan fingerprint density at radius 2 is 1.92 bits per heavy atom. The predicted molar refractivity (Wildman–Crippen MR) is 89.2 cm³/mol. The average Bonchev–Trinajstić information content (AvgIpc) is 2.55. The lowest BCUT2D eigenvalue weighted by atomic mass is 10.2. The molecule has 0 unspecified atom stereocenters. The molecule has 2 aromatic rings. The van der Waals surface area contributed by atoms with Gasteiger partial charge in [0, 0.05) is 23.3 Å². The number of pyridine rings is 1. The fourth-order valence-corrected chi connectivity index (χ4v) is 2.05. The Balaban J connectivity index is 0.00000288. The second-order valence-corrected chi connectivity index (χ2v) is 5.26. The van der Waals surface area contributed by atoms with Crippen molar-refractivity contribution in [3.8, 4) is 0 Å². The van der Waals surface area contributed by atoms with Crippen molar-refractivity contribution in [2.75, 3.05) is 11.9 Å². The molecule has 0 bridgehead atoms. The molecule has 0 saturated heterocycles. The van der Waals surface area contributed by atoms with Gasteiger partial charge in [0.1, 0.15) is 5.56 Å². The van der Waals surface area contributed by atoms with Crippen LogP contribution in [0.2, 0.25) is 5.02 Å². The van der Waals surface area contributed by atoms with Crippen molar-refractivity contribution in [2.24, 2.45) is 0 Å². The molecule has 0 fully saturated rings. The number of carbonyl (C=O) groups is 2. The Kier molecular flexibility index (Phi) is 7.95. The van der Waals surface area contributed by atoms with E-state index in [4.69, 9.17) is 11.6 Å². The molecule has 0 radical (unpaired) electrons. The van der Waals surface area contributed by atoms with Crippen LogP contribution in [0.5, 0.6) is 0 Å². The molecule has 2 N–H and O–H groups in total. The molecule has 7 heteroatoms. The molecule has 0 saturated carbocycles. The molecule has 1 heterocycles. The van der Waals surface area contributed by atoms with Gasteiger partial charge in [0.05, 0.1) is 0 Å². The number of benzene rings is 1. The van der Waals surface area contributed by atoms with Crippen molar-refractivity contribution in [3.05, 3.63) is 72.0 Å². The molecule has 1 aromatic heterocycles. The SMILES string of the molecule is C=CCNC(=O)c1ccc[n+](CC(=O)Nc2ccc(Cl)cc2)c1.[Cl-]. The Morgan fingerprint density at radius 3 is 2.58 bits per heavy atom. The first kappa shape index (κ1) is 19.7. The summed E-state index contributed by atoms with van der Waals surface area (Å²) in [5, 5.41) is 6.07. The number of amides is 2. The normalized spacial score (nSPS) is 9.54. The fraction of sp³-hybridized carbons (Fsp3) is 0.118. The van der Waals surface area contributed by atoms with E-state index < -0.39 is 0 Å². The lowest BCUT2D eigenvalue weighted by Crippen LogP contribution is -3.00. The van der Waals surface area contributed by atoms with Gasteiger partial charge in [-0.05, 0) is 30.3 Å². The van der Waals surface area contributed by atoms with E-state index in [-0.39, 0.29) is 30.8 Å². The van der Waals surface area contributed by atoms with Crippen molar-refractivity contribution in [2.45, 2.75) is 6.54 Å². The van der Waals surface area contributed by atoms with Crippen LogP contribution in [0.3, 0.4) is 0 Å². The molecule has 1 aromatic carbocycles. The molecule has 0 aliphatic rings. The van der Waals surface area contributed by atoms with Gasteiger partial charge in [-0.1, -0.05) is 17.7 Å². The van der Waals surface area contributed by atoms with Gasteiger partial charge in [-0.15, -0.1) is 6.58 Å². The number of nitrogens with zero attached hydrogens (tertiary/aromatic N) is 1. The predicted octanol–water partition coefficient (Wildman–Crippen LogP) is -0.814. The second kappa shape index (κ2) is 9.70. The third-order valence-corrected chi connectivity index (χ3v) is 3.23. The monoisotopic (exact) mass is 365 g/mol. The van der Waals surface area contributed by atoms with Crippen LogP contribution >= 0.6 is 11.6 Å². The molecular formula is C17H17Cl2N3O2. The number of halogens is 2. The van der Waals surface area contributed by atoms with E-state index in [1.54, 1.807) is 59.4 Å². The molecule has 0 aliphatic carbocycles. The number of hydrogen-bond acceptors (Lipinski definition) is 2. The molecule has 5 nitrogen and oxygen atoms in total. The highest BCUT2D eigenvalue weighted by atomic mass is 35.5. The summed E-state index contributed by atoms with van der Waals surface area (Å²) in [5.74, 6) is -0.404. The van der Waals surface area contributed by atoms with E-state index in [1.165, 1.54) is 0 Å². The van der Waals surface area contributed by atoms with E-state index in [0.717, 1.165) is 0 Å². The maximum atomic E-state index is 12.0. The molecule has 2 rings (SSSR count). The average molecular weight is 366 g/mol. The van der Waals surface area contributed by atoms with Crippen LogP contribution in [0.15, 0.2) is 61.4 Å². The van der Waals surface area contributed by atoms with E-state index in [1.807, 2.05) is 0 Å². The van der Waals surface area contributed by atoms with Gasteiger partial charge < -0.3 is 23.0 Å². The maximum Gasteiger partial charge on any atom is 0.290 e. The van der Waals surface area contributed by atoms with Crippen LogP contribution in [0, 0.1) is 0 Å². The van der Waals surface area contributed by atoms with Gasteiger partial charge in [-0.25, -0.2) is 0 Å². The summed E-state index contributed by atoms with van der Waals surface area (Å²) in [6, 6.07) is 10.3. The quantitative estimate of drug-likeness (QED) is 0.519. The van der Waals surface area contributed by atoms with Crippen LogP contribution in [0.25, 0.3) is 0 Å². The standard InChI is InChI=1S/C17H16ClN3O2.ClH/c1-2-9-19-17(23)13-4-3-10-21(11-13)12-16(22)20-15-7-5-14(18)6-8-15;/h2-8,10-11H,1,9,12H2,(H-,19,20,22,23);1H. The van der Waals surface area contributed by atoms with Crippen LogP contribution in [0.1, 0.15) is 10.4 Å². The summed E-state index contributed by atoms with van der Waals surface area (Å²) in [5.41, 5.74) is 1.15. The molecular weight excluding hydrogens is 349 g/mol. The summed E-state index contributed by atoms with van der Waals surface area (Å²) < 4.78 is 1.65. The number of carbonyl (C=O) groups excluding carboxylic acids is 2. The lowest BCUT2D eigenvalue weighted by Gasteiger charge is -2.04. The van der Waals surface area contributed by atoms with Crippen molar-refractivity contribution in [3.63, 3.8) is 0 Å². The number of rotatable bonds is 6. The van der Waals surface area contributed by atoms with Crippen LogP contribution in [0.4, 0.5) is 5.69 Å². The Morgan fingerprint density at radius 1 is 1.21 bits per heavy atom. The summed E-state index contributed by atoms with van der Waals surface area (Å²) in [4.78, 5) is 23.9. The van der Waals surface area contributed by atoms with E-state index >= 15 is 0 Å². The largest absolute Gasteiger partial charge is 1.00 e. The van der Waals surface area contributed by atoms with Gasteiger partial charge >= 0.3 is 0 Å². The number of nitrogens with one attached hydrogen (secondary N) is 2. The first-order valence-electron chi connectivity index (χ1n) is 7.02. The van der Waals surface area contributed by atoms with Crippen LogP contribution in [-0.4, -0.2) is 18.4 Å². The summed E-state index contributed by atoms with van der Waals surface area (Å²) in [6.45, 7) is 4.04. The highest BCUT2D eigenvalue weighted by molar-refractivity contribution is 6.30. The smallest absolute Gasteiger partial charge is 0.290 e. The van der Waals surface area contributed by atoms with Crippen LogP contribution in [-0.2, 0) is 11.3 Å². The van der Waals surface area contributed by atoms with Crippen LogP contribution < -0.4 is 27.6 Å². The van der Waals surface area contributed by atoms with Gasteiger partial charge in [-0.3, -0.25) is 9.59 Å². The number of aromatic nitrogens is 1. The number of anilines is 1. The Hall–Kier alpha value is -2.37. The highest BCUT2D eigenvalue weighted by Gasteiger charge is 2.13. The van der Waals surface area contributed by atoms with Crippen molar-refractivity contribution in [1.29, 1.82) is 0 Å². The summed E-state index contributed by atoms with van der Waals surface area (Å²) in [7, 11) is 0. The second-order valence-electron chi connectivity index (χ2n) is 4.82. The first-order chi connectivity index (χ1) is 11.1. The third kappa shape index (κ3) is 6.02. The van der Waals surface area contributed by atoms with Gasteiger partial charge in [0.15, 0.2) is 12.4 Å². The van der Waals surface area contributed by atoms with Crippen molar-refractivity contribution < 1.29 is 26.6 Å². The minimum atomic E-state index is -0.211. The van der Waals surface area contributed by atoms with Gasteiger partial charge in [0.25, 0.3) is 11.8 Å². The third-order valence-electron chi connectivity index (χ3n) is 2.98.